The van der Waals surface area contributed by atoms with E-state index in [1.807, 2.05) is 13.8 Å². The average Bonchev–Trinajstić information content (AvgIpc) is 3.40. The van der Waals surface area contributed by atoms with Crippen molar-refractivity contribution in [3.05, 3.63) is 36.0 Å². The largest absolute Gasteiger partial charge is 0.573 e. The van der Waals surface area contributed by atoms with E-state index in [9.17, 15) is 13.2 Å². The average molecular weight is 366 g/mol. The molecule has 1 aromatic carbocycles. The van der Waals surface area contributed by atoms with Gasteiger partial charge in [0.05, 0.1) is 11.4 Å². The number of alkyl halides is 3. The van der Waals surface area contributed by atoms with E-state index in [0.717, 1.165) is 25.0 Å². The Kier molecular flexibility index (Phi) is 5.20. The van der Waals surface area contributed by atoms with Crippen molar-refractivity contribution < 1.29 is 17.9 Å². The van der Waals surface area contributed by atoms with Crippen LogP contribution in [0, 0.1) is 0 Å². The molecule has 1 aliphatic rings. The summed E-state index contributed by atoms with van der Waals surface area (Å²) in [4.78, 5) is 8.93. The van der Waals surface area contributed by atoms with Crippen LogP contribution in [0.15, 0.2) is 30.3 Å². The summed E-state index contributed by atoms with van der Waals surface area (Å²) in [7, 11) is 0. The first-order valence-corrected chi connectivity index (χ1v) is 8.61. The molecule has 1 heterocycles. The Morgan fingerprint density at radius 3 is 2.62 bits per heavy atom. The van der Waals surface area contributed by atoms with Gasteiger partial charge in [-0.25, -0.2) is 4.98 Å². The number of hydrogen-bond donors (Lipinski definition) is 2. The van der Waals surface area contributed by atoms with E-state index in [1.54, 1.807) is 12.1 Å². The Bertz CT molecular complexity index is 762. The van der Waals surface area contributed by atoms with Gasteiger partial charge in [-0.2, -0.15) is 4.98 Å². The lowest BCUT2D eigenvalue weighted by Gasteiger charge is -2.16. The van der Waals surface area contributed by atoms with Crippen molar-refractivity contribution in [1.29, 1.82) is 0 Å². The van der Waals surface area contributed by atoms with Gasteiger partial charge in [-0.05, 0) is 38.3 Å². The van der Waals surface area contributed by atoms with Gasteiger partial charge in [-0.1, -0.05) is 19.1 Å². The Morgan fingerprint density at radius 1 is 1.23 bits per heavy atom. The maximum atomic E-state index is 12.6. The fourth-order valence-corrected chi connectivity index (χ4v) is 2.43. The SMILES string of the molecule is CC[C@@H](C)Nc1nc(Nc2ccccc2OC(F)(F)F)cc(C2CC2)n1. The van der Waals surface area contributed by atoms with E-state index < -0.39 is 6.36 Å². The molecule has 1 atom stereocenters. The number of nitrogens with one attached hydrogen (secondary N) is 2. The third kappa shape index (κ3) is 5.00. The van der Waals surface area contributed by atoms with Crippen LogP contribution in [0.25, 0.3) is 0 Å². The van der Waals surface area contributed by atoms with Gasteiger partial charge in [0.15, 0.2) is 5.75 Å². The maximum absolute atomic E-state index is 12.6. The molecule has 0 spiro atoms. The molecule has 1 fully saturated rings. The normalized spacial score (nSPS) is 15.4. The zero-order valence-corrected chi connectivity index (χ0v) is 14.6. The summed E-state index contributed by atoms with van der Waals surface area (Å²) in [6.07, 6.45) is -1.73. The summed E-state index contributed by atoms with van der Waals surface area (Å²) in [6, 6.07) is 7.87. The van der Waals surface area contributed by atoms with Gasteiger partial charge in [-0.15, -0.1) is 13.2 Å². The van der Waals surface area contributed by atoms with E-state index in [-0.39, 0.29) is 17.5 Å². The molecule has 0 amide bonds. The molecule has 2 N–H and O–H groups in total. The van der Waals surface area contributed by atoms with Crippen LogP contribution in [0.3, 0.4) is 0 Å². The van der Waals surface area contributed by atoms with Gasteiger partial charge in [0, 0.05) is 18.0 Å². The smallest absolute Gasteiger partial charge is 0.404 e. The number of ether oxygens (including phenoxy) is 1. The molecule has 140 valence electrons. The number of nitrogens with zero attached hydrogens (tertiary/aromatic N) is 2. The van der Waals surface area contributed by atoms with Gasteiger partial charge in [-0.3, -0.25) is 0 Å². The molecule has 0 aliphatic heterocycles. The molecule has 1 aliphatic carbocycles. The van der Waals surface area contributed by atoms with Crippen LogP contribution in [0.1, 0.15) is 44.7 Å². The highest BCUT2D eigenvalue weighted by molar-refractivity contribution is 5.65. The Morgan fingerprint density at radius 2 is 1.96 bits per heavy atom. The Balaban J connectivity index is 1.87. The summed E-state index contributed by atoms with van der Waals surface area (Å²) in [5.41, 5.74) is 1.09. The molecule has 0 radical (unpaired) electrons. The summed E-state index contributed by atoms with van der Waals surface area (Å²) < 4.78 is 41.9. The fourth-order valence-electron chi connectivity index (χ4n) is 2.43. The molecular weight excluding hydrogens is 345 g/mol. The van der Waals surface area contributed by atoms with E-state index >= 15 is 0 Å². The number of anilines is 3. The minimum atomic E-state index is -4.76. The van der Waals surface area contributed by atoms with Crippen molar-refractivity contribution in [2.24, 2.45) is 0 Å². The molecular formula is C18H21F3N4O. The topological polar surface area (TPSA) is 59.1 Å². The molecule has 0 bridgehead atoms. The minimum absolute atomic E-state index is 0.193. The predicted molar refractivity (Wildman–Crippen MR) is 93.8 cm³/mol. The van der Waals surface area contributed by atoms with Crippen molar-refractivity contribution in [2.75, 3.05) is 10.6 Å². The number of rotatable bonds is 7. The highest BCUT2D eigenvalue weighted by Gasteiger charge is 2.32. The van der Waals surface area contributed by atoms with Crippen LogP contribution in [-0.4, -0.2) is 22.4 Å². The van der Waals surface area contributed by atoms with Crippen molar-refractivity contribution in [3.63, 3.8) is 0 Å². The molecule has 2 aromatic rings. The van der Waals surface area contributed by atoms with Crippen LogP contribution >= 0.6 is 0 Å². The zero-order valence-electron chi connectivity index (χ0n) is 14.6. The first kappa shape index (κ1) is 18.3. The molecule has 3 rings (SSSR count). The lowest BCUT2D eigenvalue weighted by atomic mass is 10.2. The third-order valence-corrected chi connectivity index (χ3v) is 4.10. The van der Waals surface area contributed by atoms with E-state index in [1.165, 1.54) is 18.2 Å². The third-order valence-electron chi connectivity index (χ3n) is 4.10. The number of para-hydroxylation sites is 2. The van der Waals surface area contributed by atoms with E-state index in [0.29, 0.717) is 17.7 Å². The highest BCUT2D eigenvalue weighted by atomic mass is 19.4. The predicted octanol–water partition coefficient (Wildman–Crippen LogP) is 5.21. The molecule has 1 saturated carbocycles. The van der Waals surface area contributed by atoms with E-state index in [4.69, 9.17) is 0 Å². The summed E-state index contributed by atoms with van der Waals surface area (Å²) >= 11 is 0. The lowest BCUT2D eigenvalue weighted by Crippen LogP contribution is -2.18. The summed E-state index contributed by atoms with van der Waals surface area (Å²) in [6.45, 7) is 4.07. The van der Waals surface area contributed by atoms with Crippen molar-refractivity contribution in [2.45, 2.75) is 51.4 Å². The fraction of sp³-hybridized carbons (Fsp3) is 0.444. The monoisotopic (exact) mass is 366 g/mol. The molecule has 5 nitrogen and oxygen atoms in total. The maximum Gasteiger partial charge on any atom is 0.573 e. The van der Waals surface area contributed by atoms with Gasteiger partial charge >= 0.3 is 6.36 Å². The Hall–Kier alpha value is -2.51. The van der Waals surface area contributed by atoms with Crippen LogP contribution in [0.2, 0.25) is 0 Å². The number of benzene rings is 1. The minimum Gasteiger partial charge on any atom is -0.404 e. The molecule has 0 saturated heterocycles. The second-order valence-electron chi connectivity index (χ2n) is 6.40. The second kappa shape index (κ2) is 7.39. The first-order chi connectivity index (χ1) is 12.3. The van der Waals surface area contributed by atoms with Gasteiger partial charge in [0.1, 0.15) is 5.82 Å². The standard InChI is InChI=1S/C18H21F3N4O/c1-3-11(2)22-17-24-14(12-8-9-12)10-16(25-17)23-13-6-4-5-7-15(13)26-18(19,20)21/h4-7,10-12H,3,8-9H2,1-2H3,(H2,22,23,24,25)/t11-/m1/s1. The summed E-state index contributed by atoms with van der Waals surface area (Å²) in [5.74, 6) is 0.993. The van der Waals surface area contributed by atoms with Crippen LogP contribution < -0.4 is 15.4 Å². The van der Waals surface area contributed by atoms with Gasteiger partial charge in [0.2, 0.25) is 5.95 Å². The van der Waals surface area contributed by atoms with Crippen molar-refractivity contribution >= 4 is 17.5 Å². The van der Waals surface area contributed by atoms with Crippen LogP contribution in [0.5, 0.6) is 5.75 Å². The number of aromatic nitrogens is 2. The first-order valence-electron chi connectivity index (χ1n) is 8.61. The molecule has 8 heteroatoms. The van der Waals surface area contributed by atoms with Crippen LogP contribution in [0.4, 0.5) is 30.6 Å². The lowest BCUT2D eigenvalue weighted by molar-refractivity contribution is -0.274. The van der Waals surface area contributed by atoms with Crippen molar-refractivity contribution in [1.82, 2.24) is 9.97 Å². The molecule has 26 heavy (non-hydrogen) atoms. The zero-order chi connectivity index (χ0) is 18.7. The van der Waals surface area contributed by atoms with Crippen LogP contribution in [-0.2, 0) is 0 Å². The second-order valence-corrected chi connectivity index (χ2v) is 6.40. The van der Waals surface area contributed by atoms with Gasteiger partial charge < -0.3 is 15.4 Å². The number of hydrogen-bond acceptors (Lipinski definition) is 5. The number of halogens is 3. The van der Waals surface area contributed by atoms with Gasteiger partial charge in [0.25, 0.3) is 0 Å². The molecule has 0 unspecified atom stereocenters. The molecule has 1 aromatic heterocycles. The quantitative estimate of drug-likeness (QED) is 0.705. The highest BCUT2D eigenvalue weighted by Crippen LogP contribution is 2.40. The van der Waals surface area contributed by atoms with E-state index in [2.05, 4.69) is 25.3 Å². The Labute approximate surface area is 150 Å². The summed E-state index contributed by atoms with van der Waals surface area (Å²) in [5, 5.41) is 6.15. The van der Waals surface area contributed by atoms with Crippen molar-refractivity contribution in [3.8, 4) is 5.75 Å².